The van der Waals surface area contributed by atoms with E-state index in [4.69, 9.17) is 35.0 Å². The Kier molecular flexibility index (Phi) is 6.92. The van der Waals surface area contributed by atoms with E-state index in [0.29, 0.717) is 16.6 Å². The van der Waals surface area contributed by atoms with Crippen molar-refractivity contribution in [3.8, 4) is 0 Å². The minimum Gasteiger partial charge on any atom is -0.216 e. The summed E-state index contributed by atoms with van der Waals surface area (Å²) in [5, 5.41) is 1.16. The predicted octanol–water partition coefficient (Wildman–Crippen LogP) is 4.39. The molecule has 0 radical (unpaired) electrons. The number of nitrogens with zero attached hydrogens (tertiary/aromatic N) is 1. The molecule has 5 heteroatoms. The maximum Gasteiger partial charge on any atom is 0.0637 e. The van der Waals surface area contributed by atoms with E-state index < -0.39 is 0 Å². The van der Waals surface area contributed by atoms with Gasteiger partial charge in [0, 0.05) is 13.1 Å². The fraction of sp³-hybridized carbons (Fsp3) is 0.333. The summed E-state index contributed by atoms with van der Waals surface area (Å²) in [6.45, 7) is 3.35. The van der Waals surface area contributed by atoms with Crippen molar-refractivity contribution in [3.63, 3.8) is 0 Å². The number of benzene rings is 1. The average Bonchev–Trinajstić information content (AvgIpc) is 2.13. The molecular formula is C9H11Cl4N. The quantitative estimate of drug-likeness (QED) is 0.739. The van der Waals surface area contributed by atoms with Crippen molar-refractivity contribution in [2.24, 2.45) is 0 Å². The first-order valence-electron chi connectivity index (χ1n) is 3.98. The standard InChI is InChI=1S/C9H10Cl3N.ClH/c1-2-13(12)6-7-4-3-5-8(10)9(7)11;/h3-5H,2,6H2,1H3;1H. The second-order valence-corrected chi connectivity index (χ2v) is 3.91. The van der Waals surface area contributed by atoms with Crippen LogP contribution in [-0.2, 0) is 6.54 Å². The second kappa shape index (κ2) is 6.76. The molecule has 0 aliphatic rings. The van der Waals surface area contributed by atoms with Crippen molar-refractivity contribution in [2.75, 3.05) is 6.54 Å². The zero-order chi connectivity index (χ0) is 9.84. The van der Waals surface area contributed by atoms with Crippen molar-refractivity contribution in [3.05, 3.63) is 33.8 Å². The highest BCUT2D eigenvalue weighted by Gasteiger charge is 2.06. The smallest absolute Gasteiger partial charge is 0.0637 e. The lowest BCUT2D eigenvalue weighted by Crippen LogP contribution is -2.10. The van der Waals surface area contributed by atoms with Crippen LogP contribution in [-0.4, -0.2) is 11.0 Å². The lowest BCUT2D eigenvalue weighted by atomic mass is 10.2. The van der Waals surface area contributed by atoms with Crippen molar-refractivity contribution >= 4 is 47.4 Å². The average molecular weight is 275 g/mol. The van der Waals surface area contributed by atoms with Gasteiger partial charge in [-0.2, -0.15) is 0 Å². The number of hydrogen-bond donors (Lipinski definition) is 0. The maximum atomic E-state index is 5.98. The second-order valence-electron chi connectivity index (χ2n) is 2.65. The van der Waals surface area contributed by atoms with Gasteiger partial charge in [0.1, 0.15) is 0 Å². The summed E-state index contributed by atoms with van der Waals surface area (Å²) in [6, 6.07) is 5.54. The van der Waals surface area contributed by atoms with E-state index in [1.54, 1.807) is 10.5 Å². The molecule has 1 aromatic rings. The monoisotopic (exact) mass is 273 g/mol. The van der Waals surface area contributed by atoms with Gasteiger partial charge >= 0.3 is 0 Å². The maximum absolute atomic E-state index is 5.98. The predicted molar refractivity (Wildman–Crippen MR) is 65.6 cm³/mol. The van der Waals surface area contributed by atoms with E-state index in [2.05, 4.69) is 0 Å². The minimum absolute atomic E-state index is 0. The molecule has 0 unspecified atom stereocenters. The van der Waals surface area contributed by atoms with Crippen LogP contribution in [0.5, 0.6) is 0 Å². The third-order valence-corrected chi connectivity index (χ3v) is 2.93. The summed E-state index contributed by atoms with van der Waals surface area (Å²) >= 11 is 17.7. The summed E-state index contributed by atoms with van der Waals surface area (Å²) in [5.74, 6) is 0. The molecule has 1 rings (SSSR count). The van der Waals surface area contributed by atoms with E-state index >= 15 is 0 Å². The Labute approximate surface area is 105 Å². The molecule has 0 saturated heterocycles. The van der Waals surface area contributed by atoms with Crippen LogP contribution in [0.2, 0.25) is 10.0 Å². The van der Waals surface area contributed by atoms with E-state index in [1.807, 2.05) is 19.1 Å². The summed E-state index contributed by atoms with van der Waals surface area (Å²) in [4.78, 5) is 0. The molecule has 0 N–H and O–H groups in total. The minimum atomic E-state index is 0. The first-order chi connectivity index (χ1) is 6.15. The Bertz CT molecular complexity index is 290. The molecule has 0 atom stereocenters. The van der Waals surface area contributed by atoms with Crippen LogP contribution in [0.4, 0.5) is 0 Å². The summed E-state index contributed by atoms with van der Waals surface area (Å²) < 4.78 is 1.65. The van der Waals surface area contributed by atoms with Gasteiger partial charge in [0.05, 0.1) is 10.0 Å². The third kappa shape index (κ3) is 3.84. The molecule has 0 heterocycles. The Morgan fingerprint density at radius 2 is 1.93 bits per heavy atom. The van der Waals surface area contributed by atoms with Gasteiger partial charge < -0.3 is 0 Å². The fourth-order valence-electron chi connectivity index (χ4n) is 0.967. The van der Waals surface area contributed by atoms with Crippen molar-refractivity contribution in [2.45, 2.75) is 13.5 Å². The van der Waals surface area contributed by atoms with Crippen LogP contribution in [0.3, 0.4) is 0 Å². The molecule has 0 aromatic heterocycles. The molecule has 0 amide bonds. The summed E-state index contributed by atoms with van der Waals surface area (Å²) in [6.07, 6.45) is 0. The van der Waals surface area contributed by atoms with E-state index in [0.717, 1.165) is 12.1 Å². The van der Waals surface area contributed by atoms with E-state index in [9.17, 15) is 0 Å². The Morgan fingerprint density at radius 3 is 2.50 bits per heavy atom. The van der Waals surface area contributed by atoms with Crippen LogP contribution in [0.25, 0.3) is 0 Å². The van der Waals surface area contributed by atoms with E-state index in [1.165, 1.54) is 0 Å². The number of halogens is 4. The molecule has 80 valence electrons. The van der Waals surface area contributed by atoms with Gasteiger partial charge in [-0.3, -0.25) is 0 Å². The van der Waals surface area contributed by atoms with Crippen molar-refractivity contribution in [1.82, 2.24) is 4.42 Å². The summed E-state index contributed by atoms with van der Waals surface area (Å²) in [5.41, 5.74) is 0.950. The van der Waals surface area contributed by atoms with Gasteiger partial charge in [-0.15, -0.1) is 12.4 Å². The molecule has 0 saturated carbocycles. The molecule has 0 fully saturated rings. The first-order valence-corrected chi connectivity index (χ1v) is 5.08. The van der Waals surface area contributed by atoms with Gasteiger partial charge in [-0.1, -0.05) is 42.3 Å². The Balaban J connectivity index is 0.00000169. The molecular weight excluding hydrogens is 264 g/mol. The van der Waals surface area contributed by atoms with Gasteiger partial charge in [-0.05, 0) is 23.4 Å². The van der Waals surface area contributed by atoms with Crippen molar-refractivity contribution < 1.29 is 0 Å². The van der Waals surface area contributed by atoms with Crippen LogP contribution < -0.4 is 0 Å². The normalized spacial score (nSPS) is 10.1. The Morgan fingerprint density at radius 1 is 1.29 bits per heavy atom. The molecule has 1 nitrogen and oxygen atoms in total. The first kappa shape index (κ1) is 14.3. The van der Waals surface area contributed by atoms with Gasteiger partial charge in [0.2, 0.25) is 0 Å². The lowest BCUT2D eigenvalue weighted by Gasteiger charge is -2.12. The molecule has 14 heavy (non-hydrogen) atoms. The topological polar surface area (TPSA) is 3.24 Å². The number of rotatable bonds is 3. The zero-order valence-corrected chi connectivity index (χ0v) is 10.7. The van der Waals surface area contributed by atoms with Gasteiger partial charge in [0.15, 0.2) is 0 Å². The Hall–Kier alpha value is 0.340. The van der Waals surface area contributed by atoms with Crippen molar-refractivity contribution in [1.29, 1.82) is 0 Å². The molecule has 1 aromatic carbocycles. The molecule has 0 spiro atoms. The third-order valence-electron chi connectivity index (χ3n) is 1.72. The number of hydrogen-bond acceptors (Lipinski definition) is 1. The highest BCUT2D eigenvalue weighted by Crippen LogP contribution is 2.26. The fourth-order valence-corrected chi connectivity index (χ4v) is 1.48. The highest BCUT2D eigenvalue weighted by molar-refractivity contribution is 6.42. The SMILES string of the molecule is CCN(Cl)Cc1cccc(Cl)c1Cl.Cl. The highest BCUT2D eigenvalue weighted by atomic mass is 35.5. The molecule has 0 bridgehead atoms. The van der Waals surface area contributed by atoms with Crippen LogP contribution >= 0.6 is 47.4 Å². The van der Waals surface area contributed by atoms with Crippen LogP contribution in [0.1, 0.15) is 12.5 Å². The van der Waals surface area contributed by atoms with Gasteiger partial charge in [0.25, 0.3) is 0 Å². The van der Waals surface area contributed by atoms with Crippen LogP contribution in [0, 0.1) is 0 Å². The van der Waals surface area contributed by atoms with Crippen LogP contribution in [0.15, 0.2) is 18.2 Å². The van der Waals surface area contributed by atoms with E-state index in [-0.39, 0.29) is 12.4 Å². The molecule has 0 aliphatic heterocycles. The van der Waals surface area contributed by atoms with Gasteiger partial charge in [-0.25, -0.2) is 4.42 Å². The molecule has 0 aliphatic carbocycles. The summed E-state index contributed by atoms with van der Waals surface area (Å²) in [7, 11) is 0. The lowest BCUT2D eigenvalue weighted by molar-refractivity contribution is 0.475. The zero-order valence-electron chi connectivity index (χ0n) is 7.64. The largest absolute Gasteiger partial charge is 0.216 e.